The van der Waals surface area contributed by atoms with Gasteiger partial charge < -0.3 is 10.4 Å². The Labute approximate surface area is 127 Å². The summed E-state index contributed by atoms with van der Waals surface area (Å²) in [6.45, 7) is 2.49. The molecule has 0 saturated heterocycles. The lowest BCUT2D eigenvalue weighted by Crippen LogP contribution is -2.16. The standard InChI is InChI=1S/C17H15ClFNO/c1-10-12(8-11-2-4-13(18)5-3-11)9-20-17-14(19)6-7-15(21)16(10)17/h2-7,20-21H,8-9H2,1H3. The van der Waals surface area contributed by atoms with E-state index in [0.29, 0.717) is 22.8 Å². The van der Waals surface area contributed by atoms with Crippen LogP contribution >= 0.6 is 11.6 Å². The highest BCUT2D eigenvalue weighted by Gasteiger charge is 2.21. The van der Waals surface area contributed by atoms with E-state index >= 15 is 0 Å². The minimum atomic E-state index is -0.340. The molecule has 0 bridgehead atoms. The first-order valence-corrected chi connectivity index (χ1v) is 7.13. The summed E-state index contributed by atoms with van der Waals surface area (Å²) in [5, 5.41) is 13.8. The van der Waals surface area contributed by atoms with Crippen molar-refractivity contribution in [2.75, 3.05) is 11.9 Å². The lowest BCUT2D eigenvalue weighted by molar-refractivity contribution is 0.471. The molecule has 2 nitrogen and oxygen atoms in total. The van der Waals surface area contributed by atoms with Crippen LogP contribution in [0.3, 0.4) is 0 Å². The second-order valence-corrected chi connectivity index (χ2v) is 5.64. The number of hydrogen-bond donors (Lipinski definition) is 2. The Morgan fingerprint density at radius 3 is 2.62 bits per heavy atom. The Morgan fingerprint density at radius 1 is 1.19 bits per heavy atom. The number of halogens is 2. The van der Waals surface area contributed by atoms with Gasteiger partial charge >= 0.3 is 0 Å². The van der Waals surface area contributed by atoms with Gasteiger partial charge in [-0.1, -0.05) is 23.7 Å². The van der Waals surface area contributed by atoms with E-state index in [-0.39, 0.29) is 11.6 Å². The number of hydrogen-bond acceptors (Lipinski definition) is 2. The molecule has 0 unspecified atom stereocenters. The fourth-order valence-electron chi connectivity index (χ4n) is 2.67. The summed E-state index contributed by atoms with van der Waals surface area (Å²) in [4.78, 5) is 0. The molecular formula is C17H15ClFNO. The average molecular weight is 304 g/mol. The molecule has 0 atom stereocenters. The number of nitrogens with one attached hydrogen (secondary N) is 1. The van der Waals surface area contributed by atoms with E-state index in [0.717, 1.165) is 23.1 Å². The van der Waals surface area contributed by atoms with Crippen molar-refractivity contribution in [2.45, 2.75) is 13.3 Å². The number of rotatable bonds is 2. The van der Waals surface area contributed by atoms with Crippen molar-refractivity contribution >= 4 is 22.9 Å². The zero-order valence-corrected chi connectivity index (χ0v) is 12.3. The van der Waals surface area contributed by atoms with Gasteiger partial charge in [0, 0.05) is 17.1 Å². The number of aromatic hydroxyl groups is 1. The molecule has 3 rings (SSSR count). The zero-order chi connectivity index (χ0) is 15.0. The van der Waals surface area contributed by atoms with Crippen molar-refractivity contribution in [3.63, 3.8) is 0 Å². The number of allylic oxidation sites excluding steroid dienone is 1. The molecule has 108 valence electrons. The average Bonchev–Trinajstić information content (AvgIpc) is 2.47. The van der Waals surface area contributed by atoms with Gasteiger partial charge in [0.1, 0.15) is 11.6 Å². The van der Waals surface area contributed by atoms with Crippen LogP contribution in [0.2, 0.25) is 5.02 Å². The normalized spacial score (nSPS) is 13.9. The zero-order valence-electron chi connectivity index (χ0n) is 11.6. The van der Waals surface area contributed by atoms with Crippen molar-refractivity contribution < 1.29 is 9.50 Å². The third-order valence-electron chi connectivity index (χ3n) is 3.85. The maximum atomic E-state index is 13.8. The summed E-state index contributed by atoms with van der Waals surface area (Å²) in [5.74, 6) is -0.239. The van der Waals surface area contributed by atoms with E-state index in [1.165, 1.54) is 12.1 Å². The van der Waals surface area contributed by atoms with Crippen LogP contribution in [0.1, 0.15) is 18.1 Å². The SMILES string of the molecule is CC1=C(Cc2ccc(Cl)cc2)CNc2c(F)ccc(O)c21. The molecule has 2 N–H and O–H groups in total. The highest BCUT2D eigenvalue weighted by molar-refractivity contribution is 6.30. The van der Waals surface area contributed by atoms with Crippen LogP contribution in [0.15, 0.2) is 42.0 Å². The van der Waals surface area contributed by atoms with Gasteiger partial charge in [-0.05, 0) is 54.3 Å². The van der Waals surface area contributed by atoms with Crippen LogP contribution in [-0.4, -0.2) is 11.7 Å². The molecule has 1 heterocycles. The molecule has 0 aromatic heterocycles. The third kappa shape index (κ3) is 2.61. The van der Waals surface area contributed by atoms with Crippen molar-refractivity contribution in [3.05, 3.63) is 63.9 Å². The number of anilines is 1. The van der Waals surface area contributed by atoms with Crippen molar-refractivity contribution in [2.24, 2.45) is 0 Å². The van der Waals surface area contributed by atoms with Crippen LogP contribution in [0.25, 0.3) is 5.57 Å². The first-order chi connectivity index (χ1) is 10.1. The minimum absolute atomic E-state index is 0.102. The van der Waals surface area contributed by atoms with Crippen LogP contribution < -0.4 is 5.32 Å². The van der Waals surface area contributed by atoms with Gasteiger partial charge in [0.25, 0.3) is 0 Å². The van der Waals surface area contributed by atoms with Gasteiger partial charge in [0.05, 0.1) is 5.69 Å². The molecule has 0 spiro atoms. The first kappa shape index (κ1) is 14.0. The van der Waals surface area contributed by atoms with Crippen LogP contribution in [-0.2, 0) is 6.42 Å². The van der Waals surface area contributed by atoms with Gasteiger partial charge in [0.15, 0.2) is 0 Å². The Bertz CT molecular complexity index is 722. The second kappa shape index (κ2) is 5.41. The van der Waals surface area contributed by atoms with Gasteiger partial charge in [-0.2, -0.15) is 0 Å². The van der Waals surface area contributed by atoms with Gasteiger partial charge in [-0.3, -0.25) is 0 Å². The number of phenolic OH excluding ortho intramolecular Hbond substituents is 1. The van der Waals surface area contributed by atoms with Crippen LogP contribution in [0.4, 0.5) is 10.1 Å². The Balaban J connectivity index is 2.00. The van der Waals surface area contributed by atoms with Crippen molar-refractivity contribution in [1.29, 1.82) is 0 Å². The van der Waals surface area contributed by atoms with E-state index in [1.807, 2.05) is 31.2 Å². The third-order valence-corrected chi connectivity index (χ3v) is 4.10. The molecule has 1 aliphatic rings. The van der Waals surface area contributed by atoms with Gasteiger partial charge in [-0.25, -0.2) is 4.39 Å². The lowest BCUT2D eigenvalue weighted by Gasteiger charge is -2.24. The fraction of sp³-hybridized carbons (Fsp3) is 0.176. The lowest BCUT2D eigenvalue weighted by atomic mass is 9.91. The van der Waals surface area contributed by atoms with E-state index in [2.05, 4.69) is 5.32 Å². The molecule has 4 heteroatoms. The van der Waals surface area contributed by atoms with Crippen molar-refractivity contribution in [3.8, 4) is 5.75 Å². The Hall–Kier alpha value is -2.00. The monoisotopic (exact) mass is 303 g/mol. The van der Waals surface area contributed by atoms with Crippen molar-refractivity contribution in [1.82, 2.24) is 0 Å². The largest absolute Gasteiger partial charge is 0.507 e. The molecule has 0 saturated carbocycles. The molecule has 21 heavy (non-hydrogen) atoms. The minimum Gasteiger partial charge on any atom is -0.507 e. The smallest absolute Gasteiger partial charge is 0.147 e. The Morgan fingerprint density at radius 2 is 1.90 bits per heavy atom. The highest BCUT2D eigenvalue weighted by atomic mass is 35.5. The molecule has 0 aliphatic carbocycles. The second-order valence-electron chi connectivity index (χ2n) is 5.20. The molecule has 0 radical (unpaired) electrons. The fourth-order valence-corrected chi connectivity index (χ4v) is 2.79. The maximum Gasteiger partial charge on any atom is 0.147 e. The van der Waals surface area contributed by atoms with E-state index in [4.69, 9.17) is 11.6 Å². The molecular weight excluding hydrogens is 289 g/mol. The van der Waals surface area contributed by atoms with E-state index in [1.54, 1.807) is 0 Å². The summed E-state index contributed by atoms with van der Waals surface area (Å²) in [5.41, 5.74) is 4.13. The number of benzene rings is 2. The topological polar surface area (TPSA) is 32.3 Å². The number of phenols is 1. The quantitative estimate of drug-likeness (QED) is 0.848. The molecule has 0 fully saturated rings. The van der Waals surface area contributed by atoms with E-state index in [9.17, 15) is 9.50 Å². The molecule has 2 aromatic rings. The highest BCUT2D eigenvalue weighted by Crippen LogP contribution is 2.39. The Kier molecular flexibility index (Phi) is 3.60. The molecule has 2 aromatic carbocycles. The van der Waals surface area contributed by atoms with Crippen LogP contribution in [0.5, 0.6) is 5.75 Å². The molecule has 0 amide bonds. The first-order valence-electron chi connectivity index (χ1n) is 6.75. The van der Waals surface area contributed by atoms with Gasteiger partial charge in [0.2, 0.25) is 0 Å². The predicted octanol–water partition coefficient (Wildman–Crippen LogP) is 4.63. The summed E-state index contributed by atoms with van der Waals surface area (Å²) in [7, 11) is 0. The van der Waals surface area contributed by atoms with Gasteiger partial charge in [-0.15, -0.1) is 0 Å². The van der Waals surface area contributed by atoms with E-state index < -0.39 is 0 Å². The number of fused-ring (bicyclic) bond motifs is 1. The summed E-state index contributed by atoms with van der Waals surface area (Å²) < 4.78 is 13.8. The summed E-state index contributed by atoms with van der Waals surface area (Å²) in [6, 6.07) is 10.3. The maximum absolute atomic E-state index is 13.8. The molecule has 1 aliphatic heterocycles. The van der Waals surface area contributed by atoms with Crippen LogP contribution in [0, 0.1) is 5.82 Å². The summed E-state index contributed by atoms with van der Waals surface area (Å²) >= 11 is 5.89. The predicted molar refractivity (Wildman–Crippen MR) is 84.3 cm³/mol. The summed E-state index contributed by atoms with van der Waals surface area (Å²) in [6.07, 6.45) is 0.741.